The first kappa shape index (κ1) is 19.5. The molecule has 0 aromatic heterocycles. The highest BCUT2D eigenvalue weighted by Gasteiger charge is 2.25. The molecule has 2 amide bonds. The van der Waals surface area contributed by atoms with Crippen LogP contribution in [0.1, 0.15) is 25.0 Å². The summed E-state index contributed by atoms with van der Waals surface area (Å²) in [6.07, 6.45) is 0.755. The van der Waals surface area contributed by atoms with Crippen molar-refractivity contribution in [3.05, 3.63) is 60.2 Å². The van der Waals surface area contributed by atoms with E-state index in [-0.39, 0.29) is 24.5 Å². The lowest BCUT2D eigenvalue weighted by molar-refractivity contribution is -0.123. The largest absolute Gasteiger partial charge is 0.374 e. The summed E-state index contributed by atoms with van der Waals surface area (Å²) in [4.78, 5) is 27.0. The van der Waals surface area contributed by atoms with Crippen LogP contribution in [0.3, 0.4) is 0 Å². The number of thioether (sulfide) groups is 1. The van der Waals surface area contributed by atoms with Crippen LogP contribution < -0.4 is 10.2 Å². The van der Waals surface area contributed by atoms with Gasteiger partial charge in [0.15, 0.2) is 0 Å². The molecule has 0 fully saturated rings. The quantitative estimate of drug-likeness (QED) is 0.709. The minimum absolute atomic E-state index is 0.0295. The van der Waals surface area contributed by atoms with E-state index in [1.54, 1.807) is 4.90 Å². The third-order valence-electron chi connectivity index (χ3n) is 4.39. The molecule has 1 N–H and O–H groups in total. The summed E-state index contributed by atoms with van der Waals surface area (Å²) >= 11 is 1.51. The number of rotatable bonds is 8. The number of hydrogen-bond donors (Lipinski definition) is 1. The van der Waals surface area contributed by atoms with Gasteiger partial charge in [-0.2, -0.15) is 0 Å². The molecule has 1 aliphatic rings. The number of carbonyl (C=O) groups is 2. The maximum absolute atomic E-state index is 12.2. The molecule has 5 nitrogen and oxygen atoms in total. The summed E-state index contributed by atoms with van der Waals surface area (Å²) in [5.74, 6) is 0.185. The number of benzene rings is 2. The Bertz CT molecular complexity index is 782. The molecule has 1 aliphatic heterocycles. The van der Waals surface area contributed by atoms with Gasteiger partial charge in [-0.3, -0.25) is 9.59 Å². The van der Waals surface area contributed by atoms with Gasteiger partial charge in [0, 0.05) is 18.0 Å². The van der Waals surface area contributed by atoms with Crippen molar-refractivity contribution in [2.45, 2.75) is 24.3 Å². The van der Waals surface area contributed by atoms with Gasteiger partial charge in [-0.1, -0.05) is 42.5 Å². The number of carbonyl (C=O) groups excluding carboxylic acids is 2. The van der Waals surface area contributed by atoms with Gasteiger partial charge in [-0.05, 0) is 31.0 Å². The van der Waals surface area contributed by atoms with E-state index in [1.165, 1.54) is 11.8 Å². The summed E-state index contributed by atoms with van der Waals surface area (Å²) in [6, 6.07) is 17.7. The van der Waals surface area contributed by atoms with Gasteiger partial charge in [-0.25, -0.2) is 0 Å². The molecule has 6 heteroatoms. The molecule has 1 unspecified atom stereocenters. The average Bonchev–Trinajstić information content (AvgIpc) is 2.70. The molecule has 142 valence electrons. The molecule has 0 saturated heterocycles. The Morgan fingerprint density at radius 1 is 1.19 bits per heavy atom. The van der Waals surface area contributed by atoms with E-state index in [2.05, 4.69) is 5.32 Å². The van der Waals surface area contributed by atoms with Crippen LogP contribution in [-0.2, 0) is 14.3 Å². The highest BCUT2D eigenvalue weighted by Crippen LogP contribution is 2.34. The minimum atomic E-state index is -0.152. The smallest absolute Gasteiger partial charge is 0.240 e. The number of amides is 2. The van der Waals surface area contributed by atoms with Crippen molar-refractivity contribution < 1.29 is 14.3 Å². The van der Waals surface area contributed by atoms with E-state index >= 15 is 0 Å². The number of hydrogen-bond acceptors (Lipinski definition) is 4. The van der Waals surface area contributed by atoms with Crippen LogP contribution in [0, 0.1) is 0 Å². The normalized spacial score (nSPS) is 14.6. The Labute approximate surface area is 164 Å². The zero-order valence-corrected chi connectivity index (χ0v) is 16.2. The number of nitrogens with zero attached hydrogens (tertiary/aromatic N) is 1. The number of nitrogens with one attached hydrogen (secondary N) is 1. The SMILES string of the molecule is CC(OCCCNC(=O)CN1C(=O)CSc2ccccc21)c1ccccc1. The molecule has 27 heavy (non-hydrogen) atoms. The predicted molar refractivity (Wildman–Crippen MR) is 108 cm³/mol. The molecule has 0 bridgehead atoms. The predicted octanol–water partition coefficient (Wildman–Crippen LogP) is 3.41. The van der Waals surface area contributed by atoms with Crippen LogP contribution in [0.25, 0.3) is 0 Å². The number of ether oxygens (including phenoxy) is 1. The van der Waals surface area contributed by atoms with E-state index in [1.807, 2.05) is 61.5 Å². The Morgan fingerprint density at radius 3 is 2.74 bits per heavy atom. The third kappa shape index (κ3) is 5.34. The fourth-order valence-electron chi connectivity index (χ4n) is 2.91. The van der Waals surface area contributed by atoms with Crippen LogP contribution in [0.2, 0.25) is 0 Å². The molecular formula is C21H24N2O3S. The lowest BCUT2D eigenvalue weighted by Crippen LogP contribution is -2.43. The van der Waals surface area contributed by atoms with Crippen molar-refractivity contribution in [2.24, 2.45) is 0 Å². The first-order valence-electron chi connectivity index (χ1n) is 9.10. The second-order valence-corrected chi connectivity index (χ2v) is 7.38. The zero-order valence-electron chi connectivity index (χ0n) is 15.4. The van der Waals surface area contributed by atoms with E-state index in [4.69, 9.17) is 4.74 Å². The summed E-state index contributed by atoms with van der Waals surface area (Å²) in [5, 5.41) is 2.88. The Kier molecular flexibility index (Phi) is 6.90. The molecule has 3 rings (SSSR count). The van der Waals surface area contributed by atoms with Crippen LogP contribution >= 0.6 is 11.8 Å². The van der Waals surface area contributed by atoms with Gasteiger partial charge in [0.25, 0.3) is 0 Å². The maximum atomic E-state index is 12.2. The van der Waals surface area contributed by atoms with Crippen molar-refractivity contribution >= 4 is 29.3 Å². The molecule has 0 aliphatic carbocycles. The second-order valence-electron chi connectivity index (χ2n) is 6.36. The van der Waals surface area contributed by atoms with Gasteiger partial charge < -0.3 is 15.0 Å². The standard InChI is InChI=1S/C21H24N2O3S/c1-16(17-8-3-2-4-9-17)26-13-7-12-22-20(24)14-23-18-10-5-6-11-19(18)27-15-21(23)25/h2-6,8-11,16H,7,12-15H2,1H3,(H,22,24). The minimum Gasteiger partial charge on any atom is -0.374 e. The zero-order chi connectivity index (χ0) is 19.1. The van der Waals surface area contributed by atoms with Crippen molar-refractivity contribution in [2.75, 3.05) is 30.3 Å². The van der Waals surface area contributed by atoms with Crippen molar-refractivity contribution in [3.63, 3.8) is 0 Å². The molecule has 1 heterocycles. The van der Waals surface area contributed by atoms with Crippen molar-refractivity contribution in [1.29, 1.82) is 0 Å². The Hall–Kier alpha value is -2.31. The Morgan fingerprint density at radius 2 is 1.93 bits per heavy atom. The summed E-state index contributed by atoms with van der Waals surface area (Å²) in [5.41, 5.74) is 1.95. The van der Waals surface area contributed by atoms with Crippen molar-refractivity contribution in [3.8, 4) is 0 Å². The molecule has 0 saturated carbocycles. The molecule has 2 aromatic carbocycles. The first-order valence-corrected chi connectivity index (χ1v) is 10.1. The second kappa shape index (κ2) is 9.58. The lowest BCUT2D eigenvalue weighted by atomic mass is 10.1. The molecule has 0 radical (unpaired) electrons. The highest BCUT2D eigenvalue weighted by molar-refractivity contribution is 8.00. The molecule has 0 spiro atoms. The van der Waals surface area contributed by atoms with Crippen LogP contribution in [0.15, 0.2) is 59.5 Å². The first-order chi connectivity index (χ1) is 13.1. The van der Waals surface area contributed by atoms with Crippen molar-refractivity contribution in [1.82, 2.24) is 5.32 Å². The molecule has 1 atom stereocenters. The van der Waals surface area contributed by atoms with Gasteiger partial charge in [-0.15, -0.1) is 11.8 Å². The summed E-state index contributed by atoms with van der Waals surface area (Å²) in [6.45, 7) is 3.17. The van der Waals surface area contributed by atoms with Crippen LogP contribution in [-0.4, -0.2) is 37.3 Å². The van der Waals surface area contributed by atoms with E-state index in [0.717, 1.165) is 22.6 Å². The van der Waals surface area contributed by atoms with Gasteiger partial charge in [0.1, 0.15) is 6.54 Å². The monoisotopic (exact) mass is 384 g/mol. The van der Waals surface area contributed by atoms with E-state index < -0.39 is 0 Å². The highest BCUT2D eigenvalue weighted by atomic mass is 32.2. The third-order valence-corrected chi connectivity index (χ3v) is 5.44. The summed E-state index contributed by atoms with van der Waals surface area (Å²) in [7, 11) is 0. The fourth-order valence-corrected chi connectivity index (χ4v) is 3.84. The lowest BCUT2D eigenvalue weighted by Gasteiger charge is -2.28. The van der Waals surface area contributed by atoms with Crippen LogP contribution in [0.4, 0.5) is 5.69 Å². The number of anilines is 1. The van der Waals surface area contributed by atoms with Crippen LogP contribution in [0.5, 0.6) is 0 Å². The topological polar surface area (TPSA) is 58.6 Å². The maximum Gasteiger partial charge on any atom is 0.240 e. The molecule has 2 aromatic rings. The van der Waals surface area contributed by atoms with E-state index in [9.17, 15) is 9.59 Å². The van der Waals surface area contributed by atoms with E-state index in [0.29, 0.717) is 18.9 Å². The van der Waals surface area contributed by atoms with Gasteiger partial charge in [0.2, 0.25) is 11.8 Å². The van der Waals surface area contributed by atoms with Gasteiger partial charge in [0.05, 0.1) is 17.5 Å². The fraction of sp³-hybridized carbons (Fsp3) is 0.333. The molecular weight excluding hydrogens is 360 g/mol. The summed E-state index contributed by atoms with van der Waals surface area (Å²) < 4.78 is 5.80. The number of fused-ring (bicyclic) bond motifs is 1. The number of para-hydroxylation sites is 1. The van der Waals surface area contributed by atoms with Gasteiger partial charge >= 0.3 is 0 Å². The average molecular weight is 385 g/mol. The Balaban J connectivity index is 1.40.